The minimum absolute atomic E-state index is 0.258. The predicted molar refractivity (Wildman–Crippen MR) is 78.7 cm³/mol. The summed E-state index contributed by atoms with van der Waals surface area (Å²) >= 11 is 0. The smallest absolute Gasteiger partial charge is 0.0892 e. The molecule has 4 nitrogen and oxygen atoms in total. The molecule has 1 aromatic carbocycles. The van der Waals surface area contributed by atoms with E-state index in [-0.39, 0.29) is 13.2 Å². The molecule has 0 saturated carbocycles. The third-order valence-electron chi connectivity index (χ3n) is 2.67. The molecule has 1 aromatic rings. The molecular weight excluding hydrogens is 256 g/mol. The van der Waals surface area contributed by atoms with Gasteiger partial charge in [0.05, 0.1) is 37.6 Å². The molecule has 0 saturated heterocycles. The van der Waals surface area contributed by atoms with E-state index in [4.69, 9.17) is 9.47 Å². The average Bonchev–Trinajstić information content (AvgIpc) is 2.33. The van der Waals surface area contributed by atoms with Crippen LogP contribution >= 0.6 is 0 Å². The van der Waals surface area contributed by atoms with Gasteiger partial charge in [-0.2, -0.15) is 0 Å². The molecule has 0 aliphatic carbocycles. The number of hydrogen-bond donors (Lipinski definition) is 2. The van der Waals surface area contributed by atoms with Crippen molar-refractivity contribution in [2.75, 3.05) is 26.4 Å². The molecule has 1 unspecified atom stereocenters. The molecule has 1 rings (SSSR count). The molecule has 1 atom stereocenters. The van der Waals surface area contributed by atoms with Gasteiger partial charge in [-0.3, -0.25) is 0 Å². The van der Waals surface area contributed by atoms with Gasteiger partial charge in [-0.1, -0.05) is 30.3 Å². The molecule has 0 heterocycles. The lowest BCUT2D eigenvalue weighted by Gasteiger charge is -2.23. The number of benzene rings is 1. The summed E-state index contributed by atoms with van der Waals surface area (Å²) in [5.74, 6) is 0. The molecular formula is C16H26O4. The molecule has 0 radical (unpaired) electrons. The Morgan fingerprint density at radius 3 is 2.00 bits per heavy atom. The van der Waals surface area contributed by atoms with Crippen molar-refractivity contribution in [3.8, 4) is 0 Å². The summed E-state index contributed by atoms with van der Waals surface area (Å²) in [5.41, 5.74) is -0.629. The highest BCUT2D eigenvalue weighted by atomic mass is 16.5. The van der Waals surface area contributed by atoms with Gasteiger partial charge >= 0.3 is 0 Å². The molecule has 0 aromatic heterocycles. The highest BCUT2D eigenvalue weighted by molar-refractivity contribution is 5.16. The first kappa shape index (κ1) is 17.1. The van der Waals surface area contributed by atoms with Gasteiger partial charge in [0.1, 0.15) is 0 Å². The van der Waals surface area contributed by atoms with Crippen molar-refractivity contribution in [3.63, 3.8) is 0 Å². The van der Waals surface area contributed by atoms with Crippen molar-refractivity contribution in [1.82, 2.24) is 0 Å². The Hall–Kier alpha value is -0.940. The number of rotatable bonds is 9. The Morgan fingerprint density at radius 1 is 0.900 bits per heavy atom. The molecule has 0 aliphatic heterocycles. The van der Waals surface area contributed by atoms with Crippen molar-refractivity contribution in [2.45, 2.75) is 38.4 Å². The first-order valence-electron chi connectivity index (χ1n) is 6.93. The summed E-state index contributed by atoms with van der Waals surface area (Å²) < 4.78 is 10.7. The Kier molecular flexibility index (Phi) is 6.62. The average molecular weight is 282 g/mol. The summed E-state index contributed by atoms with van der Waals surface area (Å²) in [7, 11) is 0. The van der Waals surface area contributed by atoms with E-state index in [0.29, 0.717) is 19.6 Å². The van der Waals surface area contributed by atoms with Crippen LogP contribution in [0.5, 0.6) is 0 Å². The summed E-state index contributed by atoms with van der Waals surface area (Å²) in [6.45, 7) is 6.49. The SMILES string of the molecule is CC(C)(O)COCCOCC(C)(O)Cc1ccccc1. The van der Waals surface area contributed by atoms with E-state index in [0.717, 1.165) is 5.56 Å². The molecule has 4 heteroatoms. The summed E-state index contributed by atoms with van der Waals surface area (Å²) in [6, 6.07) is 9.84. The maximum atomic E-state index is 10.2. The van der Waals surface area contributed by atoms with Crippen LogP contribution in [0.1, 0.15) is 26.3 Å². The van der Waals surface area contributed by atoms with E-state index in [1.165, 1.54) is 0 Å². The van der Waals surface area contributed by atoms with Gasteiger partial charge in [-0.05, 0) is 26.3 Å². The summed E-state index contributed by atoms with van der Waals surface area (Å²) in [4.78, 5) is 0. The first-order valence-corrected chi connectivity index (χ1v) is 6.93. The zero-order valence-electron chi connectivity index (χ0n) is 12.6. The molecule has 0 bridgehead atoms. The van der Waals surface area contributed by atoms with Crippen molar-refractivity contribution in [3.05, 3.63) is 35.9 Å². The fraction of sp³-hybridized carbons (Fsp3) is 0.625. The maximum absolute atomic E-state index is 10.2. The van der Waals surface area contributed by atoms with Gasteiger partial charge in [0, 0.05) is 6.42 Å². The molecule has 114 valence electrons. The molecule has 2 N–H and O–H groups in total. The normalized spacial score (nSPS) is 15.1. The summed E-state index contributed by atoms with van der Waals surface area (Å²) in [5, 5.41) is 19.7. The van der Waals surface area contributed by atoms with Gasteiger partial charge in [0.2, 0.25) is 0 Å². The van der Waals surface area contributed by atoms with E-state index in [1.807, 2.05) is 30.3 Å². The largest absolute Gasteiger partial charge is 0.388 e. The van der Waals surface area contributed by atoms with E-state index in [1.54, 1.807) is 20.8 Å². The molecule has 0 spiro atoms. The zero-order valence-corrected chi connectivity index (χ0v) is 12.6. The van der Waals surface area contributed by atoms with Gasteiger partial charge < -0.3 is 19.7 Å². The van der Waals surface area contributed by atoms with Crippen molar-refractivity contribution in [1.29, 1.82) is 0 Å². The Bertz CT molecular complexity index is 368. The van der Waals surface area contributed by atoms with Crippen LogP contribution < -0.4 is 0 Å². The Labute approximate surface area is 121 Å². The number of ether oxygens (including phenoxy) is 2. The molecule has 0 aliphatic rings. The van der Waals surface area contributed by atoms with Crippen LogP contribution in [0.4, 0.5) is 0 Å². The highest BCUT2D eigenvalue weighted by Gasteiger charge is 2.21. The van der Waals surface area contributed by atoms with Gasteiger partial charge in [0.15, 0.2) is 0 Å². The minimum atomic E-state index is -0.891. The van der Waals surface area contributed by atoms with Gasteiger partial charge in [0.25, 0.3) is 0 Å². The van der Waals surface area contributed by atoms with Crippen molar-refractivity contribution in [2.24, 2.45) is 0 Å². The van der Waals surface area contributed by atoms with E-state index >= 15 is 0 Å². The second-order valence-electron chi connectivity index (χ2n) is 6.08. The van der Waals surface area contributed by atoms with Crippen molar-refractivity contribution < 1.29 is 19.7 Å². The van der Waals surface area contributed by atoms with E-state index < -0.39 is 11.2 Å². The number of hydrogen-bond acceptors (Lipinski definition) is 4. The van der Waals surface area contributed by atoms with Crippen LogP contribution in [-0.4, -0.2) is 47.8 Å². The molecule has 0 fully saturated rings. The quantitative estimate of drug-likeness (QED) is 0.678. The topological polar surface area (TPSA) is 58.9 Å². The van der Waals surface area contributed by atoms with Crippen LogP contribution in [-0.2, 0) is 15.9 Å². The molecule has 0 amide bonds. The maximum Gasteiger partial charge on any atom is 0.0892 e. The Balaban J connectivity index is 2.17. The lowest BCUT2D eigenvalue weighted by molar-refractivity contribution is -0.0656. The van der Waals surface area contributed by atoms with Crippen molar-refractivity contribution >= 4 is 0 Å². The lowest BCUT2D eigenvalue weighted by Crippen LogP contribution is -2.34. The van der Waals surface area contributed by atoms with Crippen LogP contribution in [0.15, 0.2) is 30.3 Å². The second-order valence-corrected chi connectivity index (χ2v) is 6.08. The second kappa shape index (κ2) is 7.74. The molecule has 20 heavy (non-hydrogen) atoms. The van der Waals surface area contributed by atoms with Crippen LogP contribution in [0, 0.1) is 0 Å². The minimum Gasteiger partial charge on any atom is -0.388 e. The zero-order chi connectivity index (χ0) is 15.1. The summed E-state index contributed by atoms with van der Waals surface area (Å²) in [6.07, 6.45) is 0.554. The number of aliphatic hydroxyl groups is 2. The van der Waals surface area contributed by atoms with Crippen LogP contribution in [0.3, 0.4) is 0 Å². The lowest BCUT2D eigenvalue weighted by atomic mass is 9.97. The van der Waals surface area contributed by atoms with Crippen LogP contribution in [0.2, 0.25) is 0 Å². The van der Waals surface area contributed by atoms with Gasteiger partial charge in [-0.15, -0.1) is 0 Å². The fourth-order valence-corrected chi connectivity index (χ4v) is 1.82. The standard InChI is InChI=1S/C16H26O4/c1-15(2,17)12-19-9-10-20-13-16(3,18)11-14-7-5-4-6-8-14/h4-8,17-18H,9-13H2,1-3H3. The van der Waals surface area contributed by atoms with Gasteiger partial charge in [-0.25, -0.2) is 0 Å². The van der Waals surface area contributed by atoms with E-state index in [2.05, 4.69) is 0 Å². The first-order chi connectivity index (χ1) is 9.29. The van der Waals surface area contributed by atoms with E-state index in [9.17, 15) is 10.2 Å². The highest BCUT2D eigenvalue weighted by Crippen LogP contribution is 2.13. The predicted octanol–water partition coefficient (Wildman–Crippen LogP) is 1.78. The third-order valence-corrected chi connectivity index (χ3v) is 2.67. The third kappa shape index (κ3) is 8.27. The monoisotopic (exact) mass is 282 g/mol. The Morgan fingerprint density at radius 2 is 1.45 bits per heavy atom. The fourth-order valence-electron chi connectivity index (χ4n) is 1.82. The van der Waals surface area contributed by atoms with Crippen LogP contribution in [0.25, 0.3) is 0 Å².